The zero-order valence-electron chi connectivity index (χ0n) is 13.9. The van der Waals surface area contributed by atoms with Gasteiger partial charge in [0.1, 0.15) is 5.82 Å². The largest absolute Gasteiger partial charge is 0.336 e. The molecule has 0 aliphatic heterocycles. The number of H-pyrrole nitrogens is 1. The highest BCUT2D eigenvalue weighted by molar-refractivity contribution is 6.28. The third kappa shape index (κ3) is 2.71. The minimum atomic E-state index is -0.133. The third-order valence-corrected chi connectivity index (χ3v) is 5.17. The topological polar surface area (TPSA) is 63.6 Å². The van der Waals surface area contributed by atoms with E-state index in [-0.39, 0.29) is 16.3 Å². The maximum absolute atomic E-state index is 12.6. The van der Waals surface area contributed by atoms with E-state index in [4.69, 9.17) is 11.6 Å². The van der Waals surface area contributed by atoms with Gasteiger partial charge >= 0.3 is 0 Å². The van der Waals surface area contributed by atoms with E-state index in [1.165, 1.54) is 4.57 Å². The number of aromatic nitrogens is 4. The molecule has 0 fully saturated rings. The summed E-state index contributed by atoms with van der Waals surface area (Å²) in [4.78, 5) is 24.9. The lowest BCUT2D eigenvalue weighted by molar-refractivity contribution is 0.314. The summed E-state index contributed by atoms with van der Waals surface area (Å²) in [6.45, 7) is 6.96. The van der Waals surface area contributed by atoms with Crippen molar-refractivity contribution in [2.75, 3.05) is 0 Å². The molecule has 1 aliphatic rings. The van der Waals surface area contributed by atoms with Crippen molar-refractivity contribution in [1.82, 2.24) is 19.5 Å². The SMILES string of the molecule is CCCn1c(Cl)nc2nc(C3(CC)CC=CC(C)C3)[nH]c2c1=O. The van der Waals surface area contributed by atoms with Crippen LogP contribution in [0.15, 0.2) is 16.9 Å². The smallest absolute Gasteiger partial charge is 0.280 e. The molecule has 0 saturated heterocycles. The molecule has 2 heterocycles. The fourth-order valence-corrected chi connectivity index (χ4v) is 3.81. The second-order valence-corrected chi connectivity index (χ2v) is 6.91. The van der Waals surface area contributed by atoms with E-state index in [0.717, 1.165) is 31.5 Å². The van der Waals surface area contributed by atoms with Crippen LogP contribution in [0.5, 0.6) is 0 Å². The summed E-state index contributed by atoms with van der Waals surface area (Å²) in [5.74, 6) is 1.37. The quantitative estimate of drug-likeness (QED) is 0.683. The highest BCUT2D eigenvalue weighted by Gasteiger charge is 2.36. The van der Waals surface area contributed by atoms with Gasteiger partial charge in [-0.2, -0.15) is 4.98 Å². The van der Waals surface area contributed by atoms with E-state index < -0.39 is 0 Å². The Morgan fingerprint density at radius 3 is 2.87 bits per heavy atom. The molecule has 0 spiro atoms. The Morgan fingerprint density at radius 2 is 2.22 bits per heavy atom. The van der Waals surface area contributed by atoms with E-state index >= 15 is 0 Å². The fourth-order valence-electron chi connectivity index (χ4n) is 3.57. The Kier molecular flexibility index (Phi) is 4.32. The van der Waals surface area contributed by atoms with Crippen LogP contribution in [0.3, 0.4) is 0 Å². The van der Waals surface area contributed by atoms with Crippen LogP contribution >= 0.6 is 11.6 Å². The summed E-state index contributed by atoms with van der Waals surface area (Å²) in [6, 6.07) is 0. The summed E-state index contributed by atoms with van der Waals surface area (Å²) >= 11 is 6.16. The van der Waals surface area contributed by atoms with Crippen molar-refractivity contribution in [2.45, 2.75) is 58.4 Å². The van der Waals surface area contributed by atoms with Crippen molar-refractivity contribution >= 4 is 22.8 Å². The van der Waals surface area contributed by atoms with Gasteiger partial charge in [-0.25, -0.2) is 4.98 Å². The minimum Gasteiger partial charge on any atom is -0.336 e. The fraction of sp³-hybridized carbons (Fsp3) is 0.588. The summed E-state index contributed by atoms with van der Waals surface area (Å²) in [7, 11) is 0. The van der Waals surface area contributed by atoms with Gasteiger partial charge in [-0.15, -0.1) is 0 Å². The van der Waals surface area contributed by atoms with Gasteiger partial charge in [-0.1, -0.05) is 32.9 Å². The van der Waals surface area contributed by atoms with Crippen LogP contribution in [-0.2, 0) is 12.0 Å². The number of halogens is 1. The molecule has 0 amide bonds. The van der Waals surface area contributed by atoms with E-state index in [1.807, 2.05) is 6.92 Å². The van der Waals surface area contributed by atoms with Crippen LogP contribution in [-0.4, -0.2) is 19.5 Å². The Bertz CT molecular complexity index is 807. The molecule has 3 rings (SSSR count). The Hall–Kier alpha value is -1.62. The molecule has 124 valence electrons. The minimum absolute atomic E-state index is 0.0522. The first kappa shape index (κ1) is 16.2. The summed E-state index contributed by atoms with van der Waals surface area (Å²) in [6.07, 6.45) is 8.23. The number of hydrogen-bond donors (Lipinski definition) is 1. The van der Waals surface area contributed by atoms with Gasteiger partial charge < -0.3 is 4.98 Å². The molecule has 1 aliphatic carbocycles. The van der Waals surface area contributed by atoms with Gasteiger partial charge in [-0.05, 0) is 43.2 Å². The standard InChI is InChI=1S/C17H23ClN4O/c1-4-9-22-14(23)12-13(21-16(22)18)20-15(19-12)17(5-2)8-6-7-11(3)10-17/h6-7,11H,4-5,8-10H2,1-3H3,(H,19,20). The van der Waals surface area contributed by atoms with Crippen LogP contribution in [0.2, 0.25) is 5.28 Å². The number of aromatic amines is 1. The van der Waals surface area contributed by atoms with Crippen LogP contribution in [0.25, 0.3) is 11.2 Å². The van der Waals surface area contributed by atoms with E-state index in [0.29, 0.717) is 23.6 Å². The number of nitrogens with one attached hydrogen (secondary N) is 1. The second kappa shape index (κ2) is 6.11. The maximum Gasteiger partial charge on any atom is 0.280 e. The predicted octanol–water partition coefficient (Wildman–Crippen LogP) is 3.82. The molecule has 0 bridgehead atoms. The summed E-state index contributed by atoms with van der Waals surface area (Å²) < 4.78 is 1.51. The average Bonchev–Trinajstić information content (AvgIpc) is 2.96. The molecule has 2 aromatic heterocycles. The molecule has 0 radical (unpaired) electrons. The first-order valence-electron chi connectivity index (χ1n) is 8.34. The first-order chi connectivity index (χ1) is 11.0. The zero-order chi connectivity index (χ0) is 16.6. The predicted molar refractivity (Wildman–Crippen MR) is 93.0 cm³/mol. The van der Waals surface area contributed by atoms with Crippen LogP contribution < -0.4 is 5.56 Å². The number of imidazole rings is 1. The number of allylic oxidation sites excluding steroid dienone is 2. The lowest BCUT2D eigenvalue weighted by Gasteiger charge is -2.34. The first-order valence-corrected chi connectivity index (χ1v) is 8.71. The van der Waals surface area contributed by atoms with Crippen molar-refractivity contribution in [1.29, 1.82) is 0 Å². The average molecular weight is 335 g/mol. The maximum atomic E-state index is 12.6. The molecule has 23 heavy (non-hydrogen) atoms. The molecule has 6 heteroatoms. The summed E-state index contributed by atoms with van der Waals surface area (Å²) in [5.41, 5.74) is 0.708. The van der Waals surface area contributed by atoms with Crippen LogP contribution in [0.4, 0.5) is 0 Å². The normalized spacial score (nSPS) is 24.4. The number of fused-ring (bicyclic) bond motifs is 1. The number of hydrogen-bond acceptors (Lipinski definition) is 3. The second-order valence-electron chi connectivity index (χ2n) is 6.57. The van der Waals surface area contributed by atoms with Crippen molar-refractivity contribution in [3.8, 4) is 0 Å². The highest BCUT2D eigenvalue weighted by Crippen LogP contribution is 2.40. The van der Waals surface area contributed by atoms with Crippen LogP contribution in [0.1, 0.15) is 52.3 Å². The van der Waals surface area contributed by atoms with Gasteiger partial charge in [0.25, 0.3) is 5.56 Å². The molecule has 2 aromatic rings. The molecule has 1 N–H and O–H groups in total. The van der Waals surface area contributed by atoms with Gasteiger partial charge in [-0.3, -0.25) is 9.36 Å². The lowest BCUT2D eigenvalue weighted by Crippen LogP contribution is -2.30. The highest BCUT2D eigenvalue weighted by atomic mass is 35.5. The Morgan fingerprint density at radius 1 is 1.43 bits per heavy atom. The molecule has 0 aromatic carbocycles. The summed E-state index contributed by atoms with van der Waals surface area (Å²) in [5, 5.41) is 0.213. The van der Waals surface area contributed by atoms with Crippen LogP contribution in [0, 0.1) is 5.92 Å². The Balaban J connectivity index is 2.15. The van der Waals surface area contributed by atoms with Gasteiger partial charge in [0.15, 0.2) is 11.2 Å². The van der Waals surface area contributed by atoms with Crippen molar-refractivity contribution in [3.63, 3.8) is 0 Å². The molecular weight excluding hydrogens is 312 g/mol. The van der Waals surface area contributed by atoms with Gasteiger partial charge in [0, 0.05) is 12.0 Å². The van der Waals surface area contributed by atoms with Gasteiger partial charge in [0.05, 0.1) is 0 Å². The van der Waals surface area contributed by atoms with E-state index in [9.17, 15) is 4.79 Å². The van der Waals surface area contributed by atoms with Crippen molar-refractivity contribution < 1.29 is 0 Å². The lowest BCUT2D eigenvalue weighted by atomic mass is 9.71. The molecule has 2 atom stereocenters. The monoisotopic (exact) mass is 334 g/mol. The molecule has 5 nitrogen and oxygen atoms in total. The third-order valence-electron chi connectivity index (χ3n) is 4.88. The van der Waals surface area contributed by atoms with E-state index in [1.54, 1.807) is 0 Å². The van der Waals surface area contributed by atoms with E-state index in [2.05, 4.69) is 41.0 Å². The van der Waals surface area contributed by atoms with Crippen molar-refractivity contribution in [2.24, 2.45) is 5.92 Å². The zero-order valence-corrected chi connectivity index (χ0v) is 14.7. The molecular formula is C17H23ClN4O. The molecule has 0 saturated carbocycles. The van der Waals surface area contributed by atoms with Crippen molar-refractivity contribution in [3.05, 3.63) is 33.6 Å². The number of rotatable bonds is 4. The van der Waals surface area contributed by atoms with Gasteiger partial charge in [0.2, 0.25) is 5.28 Å². The number of nitrogens with zero attached hydrogens (tertiary/aromatic N) is 3. The molecule has 2 unspecified atom stereocenters. The Labute approximate surface area is 140 Å².